The largest absolute Gasteiger partial charge is 0.488 e. The lowest BCUT2D eigenvalue weighted by atomic mass is 10.2. The first-order valence-corrected chi connectivity index (χ1v) is 9.29. The first-order valence-electron chi connectivity index (χ1n) is 8.54. The van der Waals surface area contributed by atoms with Crippen LogP contribution in [0.25, 0.3) is 0 Å². The fourth-order valence-corrected chi connectivity index (χ4v) is 3.15. The number of nitrogens with one attached hydrogen (secondary N) is 1. The maximum Gasteiger partial charge on any atom is 0.124 e. The molecule has 0 atom stereocenters. The van der Waals surface area contributed by atoms with E-state index in [1.807, 2.05) is 48.9 Å². The molecule has 2 aromatic carbocycles. The van der Waals surface area contributed by atoms with Gasteiger partial charge in [0, 0.05) is 46.7 Å². The van der Waals surface area contributed by atoms with Gasteiger partial charge in [0.15, 0.2) is 0 Å². The summed E-state index contributed by atoms with van der Waals surface area (Å²) in [5.41, 5.74) is 1.91. The number of ether oxygens (including phenoxy) is 1. The SMILES string of the molecule is Clc1cccc(Cl)c1COc1ccccc1CNCCCn1ccnc1. The molecule has 26 heavy (non-hydrogen) atoms. The van der Waals surface area contributed by atoms with Gasteiger partial charge < -0.3 is 14.6 Å². The number of nitrogens with zero attached hydrogens (tertiary/aromatic N) is 2. The smallest absolute Gasteiger partial charge is 0.124 e. The van der Waals surface area contributed by atoms with Gasteiger partial charge in [0.05, 0.1) is 6.33 Å². The van der Waals surface area contributed by atoms with Gasteiger partial charge in [-0.3, -0.25) is 0 Å². The molecule has 4 nitrogen and oxygen atoms in total. The minimum atomic E-state index is 0.343. The van der Waals surface area contributed by atoms with Crippen LogP contribution in [-0.2, 0) is 19.7 Å². The molecule has 0 saturated heterocycles. The number of benzene rings is 2. The Morgan fingerprint density at radius 3 is 2.62 bits per heavy atom. The van der Waals surface area contributed by atoms with Gasteiger partial charge in [0.1, 0.15) is 12.4 Å². The van der Waals surface area contributed by atoms with Crippen LogP contribution in [0.5, 0.6) is 5.75 Å². The second-order valence-corrected chi connectivity index (χ2v) is 6.74. The van der Waals surface area contributed by atoms with Crippen molar-refractivity contribution in [2.75, 3.05) is 6.54 Å². The third-order valence-electron chi connectivity index (χ3n) is 4.05. The van der Waals surface area contributed by atoms with E-state index in [-0.39, 0.29) is 0 Å². The molecule has 0 radical (unpaired) electrons. The molecule has 1 heterocycles. The van der Waals surface area contributed by atoms with Crippen LogP contribution < -0.4 is 10.1 Å². The molecule has 0 saturated carbocycles. The minimum Gasteiger partial charge on any atom is -0.488 e. The van der Waals surface area contributed by atoms with Crippen molar-refractivity contribution in [1.29, 1.82) is 0 Å². The Morgan fingerprint density at radius 1 is 1.04 bits per heavy atom. The van der Waals surface area contributed by atoms with Crippen molar-refractivity contribution in [3.63, 3.8) is 0 Å². The summed E-state index contributed by atoms with van der Waals surface area (Å²) in [7, 11) is 0. The molecule has 0 aliphatic heterocycles. The van der Waals surface area contributed by atoms with Crippen LogP contribution in [0.2, 0.25) is 10.0 Å². The quantitative estimate of drug-likeness (QED) is 0.526. The maximum atomic E-state index is 6.21. The Labute approximate surface area is 163 Å². The van der Waals surface area contributed by atoms with Crippen molar-refractivity contribution in [3.05, 3.63) is 82.4 Å². The van der Waals surface area contributed by atoms with E-state index >= 15 is 0 Å². The van der Waals surface area contributed by atoms with Gasteiger partial charge in [-0.15, -0.1) is 0 Å². The van der Waals surface area contributed by atoms with E-state index in [0.29, 0.717) is 16.7 Å². The maximum absolute atomic E-state index is 6.21. The average Bonchev–Trinajstić information content (AvgIpc) is 3.15. The van der Waals surface area contributed by atoms with E-state index in [2.05, 4.69) is 20.9 Å². The summed E-state index contributed by atoms with van der Waals surface area (Å²) in [6, 6.07) is 13.5. The molecule has 6 heteroatoms. The van der Waals surface area contributed by atoms with Crippen LogP contribution in [0.15, 0.2) is 61.2 Å². The number of imidazole rings is 1. The van der Waals surface area contributed by atoms with Gasteiger partial charge in [-0.25, -0.2) is 4.98 Å². The summed E-state index contributed by atoms with van der Waals surface area (Å²) in [6.45, 7) is 2.96. The normalized spacial score (nSPS) is 10.8. The summed E-state index contributed by atoms with van der Waals surface area (Å²) < 4.78 is 8.05. The molecule has 0 aliphatic rings. The molecule has 0 unspecified atom stereocenters. The molecule has 3 rings (SSSR count). The third-order valence-corrected chi connectivity index (χ3v) is 4.76. The predicted octanol–water partition coefficient (Wildman–Crippen LogP) is 4.95. The fourth-order valence-electron chi connectivity index (χ4n) is 2.64. The number of hydrogen-bond acceptors (Lipinski definition) is 3. The first-order chi connectivity index (χ1) is 12.7. The number of aryl methyl sites for hydroxylation is 1. The Balaban J connectivity index is 1.51. The second kappa shape index (κ2) is 9.62. The van der Waals surface area contributed by atoms with Crippen molar-refractivity contribution < 1.29 is 4.74 Å². The Hall–Kier alpha value is -2.01. The number of rotatable bonds is 9. The number of halogens is 2. The Bertz CT molecular complexity index is 801. The van der Waals surface area contributed by atoms with Gasteiger partial charge in [-0.1, -0.05) is 47.5 Å². The molecule has 0 bridgehead atoms. The minimum absolute atomic E-state index is 0.343. The van der Waals surface area contributed by atoms with Crippen LogP contribution in [0, 0.1) is 0 Å². The van der Waals surface area contributed by atoms with Gasteiger partial charge in [0.2, 0.25) is 0 Å². The molecule has 0 spiro atoms. The average molecular weight is 390 g/mol. The Morgan fingerprint density at radius 2 is 1.85 bits per heavy atom. The van der Waals surface area contributed by atoms with Gasteiger partial charge in [-0.2, -0.15) is 0 Å². The lowest BCUT2D eigenvalue weighted by Crippen LogP contribution is -2.17. The molecule has 1 N–H and O–H groups in total. The first kappa shape index (κ1) is 18.8. The second-order valence-electron chi connectivity index (χ2n) is 5.93. The molecular weight excluding hydrogens is 369 g/mol. The van der Waals surface area contributed by atoms with E-state index in [4.69, 9.17) is 27.9 Å². The van der Waals surface area contributed by atoms with Gasteiger partial charge in [-0.05, 0) is 31.2 Å². The number of para-hydroxylation sites is 1. The predicted molar refractivity (Wildman–Crippen MR) is 106 cm³/mol. The highest BCUT2D eigenvalue weighted by Gasteiger charge is 2.08. The zero-order chi connectivity index (χ0) is 18.2. The third kappa shape index (κ3) is 5.24. The van der Waals surface area contributed by atoms with Crippen LogP contribution in [-0.4, -0.2) is 16.1 Å². The standard InChI is InChI=1S/C20H21Cl2N3O/c21-18-6-3-7-19(22)17(18)14-26-20-8-2-1-5-16(20)13-23-9-4-11-25-12-10-24-15-25/h1-3,5-8,10,12,15,23H,4,9,11,13-14H2. The van der Waals surface area contributed by atoms with Gasteiger partial charge in [0.25, 0.3) is 0 Å². The Kier molecular flexibility index (Phi) is 6.95. The van der Waals surface area contributed by atoms with Crippen LogP contribution >= 0.6 is 23.2 Å². The highest BCUT2D eigenvalue weighted by Crippen LogP contribution is 2.27. The van der Waals surface area contributed by atoms with Crippen molar-refractivity contribution in [1.82, 2.24) is 14.9 Å². The van der Waals surface area contributed by atoms with E-state index < -0.39 is 0 Å². The lowest BCUT2D eigenvalue weighted by Gasteiger charge is -2.14. The fraction of sp³-hybridized carbons (Fsp3) is 0.250. The molecule has 136 valence electrons. The summed E-state index contributed by atoms with van der Waals surface area (Å²) in [5.74, 6) is 0.839. The van der Waals surface area contributed by atoms with Crippen molar-refractivity contribution in [2.45, 2.75) is 26.1 Å². The highest BCUT2D eigenvalue weighted by atomic mass is 35.5. The van der Waals surface area contributed by atoms with Crippen LogP contribution in [0.4, 0.5) is 0 Å². The lowest BCUT2D eigenvalue weighted by molar-refractivity contribution is 0.302. The monoisotopic (exact) mass is 389 g/mol. The van der Waals surface area contributed by atoms with Crippen molar-refractivity contribution in [2.24, 2.45) is 0 Å². The van der Waals surface area contributed by atoms with Crippen LogP contribution in [0.3, 0.4) is 0 Å². The van der Waals surface area contributed by atoms with Gasteiger partial charge >= 0.3 is 0 Å². The molecule has 1 aromatic heterocycles. The summed E-state index contributed by atoms with van der Waals surface area (Å²) in [4.78, 5) is 4.05. The summed E-state index contributed by atoms with van der Waals surface area (Å²) in [5, 5.41) is 4.70. The van der Waals surface area contributed by atoms with Crippen molar-refractivity contribution in [3.8, 4) is 5.75 Å². The number of aromatic nitrogens is 2. The van der Waals surface area contributed by atoms with E-state index in [0.717, 1.165) is 42.9 Å². The topological polar surface area (TPSA) is 39.1 Å². The zero-order valence-electron chi connectivity index (χ0n) is 14.4. The van der Waals surface area contributed by atoms with E-state index in [1.54, 1.807) is 6.20 Å². The highest BCUT2D eigenvalue weighted by molar-refractivity contribution is 6.35. The summed E-state index contributed by atoms with van der Waals surface area (Å²) >= 11 is 12.4. The van der Waals surface area contributed by atoms with E-state index in [1.165, 1.54) is 0 Å². The molecule has 3 aromatic rings. The summed E-state index contributed by atoms with van der Waals surface area (Å²) in [6.07, 6.45) is 6.65. The molecule has 0 aliphatic carbocycles. The van der Waals surface area contributed by atoms with Crippen molar-refractivity contribution >= 4 is 23.2 Å². The molecule has 0 fully saturated rings. The molecular formula is C20H21Cl2N3O. The number of hydrogen-bond donors (Lipinski definition) is 1. The van der Waals surface area contributed by atoms with Crippen LogP contribution in [0.1, 0.15) is 17.5 Å². The van der Waals surface area contributed by atoms with E-state index in [9.17, 15) is 0 Å². The molecule has 0 amide bonds. The zero-order valence-corrected chi connectivity index (χ0v) is 15.9.